The predicted molar refractivity (Wildman–Crippen MR) is 104 cm³/mol. The molecule has 0 saturated carbocycles. The molecule has 0 atom stereocenters. The maximum Gasteiger partial charge on any atom is 0.230 e. The molecule has 4 rings (SSSR count). The Kier molecular flexibility index (Phi) is 4.73. The number of aliphatic hydroxyl groups is 1. The third kappa shape index (κ3) is 3.48. The van der Waals surface area contributed by atoms with E-state index in [0.717, 1.165) is 22.4 Å². The number of rotatable bonds is 6. The Morgan fingerprint density at radius 1 is 1.07 bits per heavy atom. The molecule has 3 aromatic rings. The Bertz CT molecular complexity index is 939. The van der Waals surface area contributed by atoms with Crippen LogP contribution in [0.25, 0.3) is 11.0 Å². The average molecular weight is 362 g/mol. The molecule has 0 bridgehead atoms. The van der Waals surface area contributed by atoms with Crippen molar-refractivity contribution >= 4 is 22.8 Å². The van der Waals surface area contributed by atoms with Gasteiger partial charge in [-0.2, -0.15) is 0 Å². The summed E-state index contributed by atoms with van der Waals surface area (Å²) in [4.78, 5) is 24.1. The van der Waals surface area contributed by atoms with Gasteiger partial charge in [-0.3, -0.25) is 9.78 Å². The first-order valence-corrected chi connectivity index (χ1v) is 9.10. The van der Waals surface area contributed by atoms with Gasteiger partial charge in [0, 0.05) is 19.6 Å². The van der Waals surface area contributed by atoms with E-state index in [-0.39, 0.29) is 19.1 Å². The van der Waals surface area contributed by atoms with Crippen LogP contribution in [0.4, 0.5) is 5.82 Å². The van der Waals surface area contributed by atoms with Gasteiger partial charge < -0.3 is 15.3 Å². The standard InChI is InChI=1S/C21H22N4O2/c26-11-10-22-20(27)21(12-16-6-2-1-3-7-16)14-25(15-21)19-13-23-17-8-4-5-9-18(17)24-19/h1-9,13,26H,10-12,14-15H2,(H,22,27). The average Bonchev–Trinajstić information content (AvgIpc) is 2.69. The lowest BCUT2D eigenvalue weighted by atomic mass is 9.73. The van der Waals surface area contributed by atoms with Crippen LogP contribution < -0.4 is 10.2 Å². The van der Waals surface area contributed by atoms with Gasteiger partial charge in [0.25, 0.3) is 0 Å². The van der Waals surface area contributed by atoms with E-state index in [0.29, 0.717) is 19.5 Å². The Hall–Kier alpha value is -2.99. The van der Waals surface area contributed by atoms with Crippen LogP contribution in [0.1, 0.15) is 5.56 Å². The molecule has 27 heavy (non-hydrogen) atoms. The molecule has 2 heterocycles. The number of amides is 1. The summed E-state index contributed by atoms with van der Waals surface area (Å²) in [6, 6.07) is 17.8. The number of aliphatic hydroxyl groups excluding tert-OH is 1. The third-order valence-corrected chi connectivity index (χ3v) is 5.01. The van der Waals surface area contributed by atoms with Crippen LogP contribution in [0.3, 0.4) is 0 Å². The minimum Gasteiger partial charge on any atom is -0.395 e. The lowest BCUT2D eigenvalue weighted by Crippen LogP contribution is -2.65. The normalized spacial score (nSPS) is 15.4. The zero-order valence-corrected chi connectivity index (χ0v) is 15.0. The molecule has 1 aromatic heterocycles. The summed E-state index contributed by atoms with van der Waals surface area (Å²) in [6.45, 7) is 1.36. The Balaban J connectivity index is 1.55. The predicted octanol–water partition coefficient (Wildman–Crippen LogP) is 1.79. The van der Waals surface area contributed by atoms with Crippen LogP contribution in [-0.4, -0.2) is 47.2 Å². The highest BCUT2D eigenvalue weighted by molar-refractivity contribution is 5.86. The van der Waals surface area contributed by atoms with Crippen molar-refractivity contribution in [3.63, 3.8) is 0 Å². The van der Waals surface area contributed by atoms with Gasteiger partial charge >= 0.3 is 0 Å². The maximum atomic E-state index is 12.8. The summed E-state index contributed by atoms with van der Waals surface area (Å²) in [7, 11) is 0. The monoisotopic (exact) mass is 362 g/mol. The van der Waals surface area contributed by atoms with E-state index in [1.165, 1.54) is 0 Å². The topological polar surface area (TPSA) is 78.4 Å². The minimum atomic E-state index is -0.524. The number of nitrogens with one attached hydrogen (secondary N) is 1. The number of carbonyl (C=O) groups excluding carboxylic acids is 1. The fraction of sp³-hybridized carbons (Fsp3) is 0.286. The first-order chi connectivity index (χ1) is 13.2. The molecule has 0 spiro atoms. The summed E-state index contributed by atoms with van der Waals surface area (Å²) >= 11 is 0. The molecule has 0 unspecified atom stereocenters. The second-order valence-electron chi connectivity index (χ2n) is 7.00. The highest BCUT2D eigenvalue weighted by Gasteiger charge is 2.49. The number of anilines is 1. The SMILES string of the molecule is O=C(NCCO)C1(Cc2ccccc2)CN(c2cnc3ccccc3n2)C1. The van der Waals surface area contributed by atoms with Crippen molar-refractivity contribution in [2.75, 3.05) is 31.1 Å². The maximum absolute atomic E-state index is 12.8. The van der Waals surface area contributed by atoms with Crippen molar-refractivity contribution in [2.24, 2.45) is 5.41 Å². The van der Waals surface area contributed by atoms with Crippen LogP contribution in [0.15, 0.2) is 60.8 Å². The van der Waals surface area contributed by atoms with Crippen LogP contribution in [0, 0.1) is 5.41 Å². The first kappa shape index (κ1) is 17.4. The Morgan fingerprint density at radius 2 is 1.78 bits per heavy atom. The van der Waals surface area contributed by atoms with Crippen molar-refractivity contribution in [2.45, 2.75) is 6.42 Å². The van der Waals surface area contributed by atoms with Crippen LogP contribution in [0.5, 0.6) is 0 Å². The van der Waals surface area contributed by atoms with Crippen molar-refractivity contribution in [1.29, 1.82) is 0 Å². The largest absolute Gasteiger partial charge is 0.395 e. The molecular formula is C21H22N4O2. The van der Waals surface area contributed by atoms with Gasteiger partial charge in [-0.05, 0) is 24.1 Å². The van der Waals surface area contributed by atoms with Crippen molar-refractivity contribution in [3.8, 4) is 0 Å². The van der Waals surface area contributed by atoms with E-state index >= 15 is 0 Å². The number of para-hydroxylation sites is 2. The number of nitrogens with zero attached hydrogens (tertiary/aromatic N) is 3. The molecule has 2 aromatic carbocycles. The van der Waals surface area contributed by atoms with Gasteiger partial charge in [0.15, 0.2) is 0 Å². The van der Waals surface area contributed by atoms with Crippen molar-refractivity contribution in [1.82, 2.24) is 15.3 Å². The van der Waals surface area contributed by atoms with Crippen molar-refractivity contribution in [3.05, 3.63) is 66.4 Å². The van der Waals surface area contributed by atoms with Gasteiger partial charge in [0.05, 0.1) is 29.3 Å². The highest BCUT2D eigenvalue weighted by Crippen LogP contribution is 2.37. The van der Waals surface area contributed by atoms with E-state index in [1.807, 2.05) is 54.6 Å². The molecule has 1 saturated heterocycles. The number of hydrogen-bond acceptors (Lipinski definition) is 5. The van der Waals surface area contributed by atoms with Crippen molar-refractivity contribution < 1.29 is 9.90 Å². The molecular weight excluding hydrogens is 340 g/mol. The number of benzene rings is 2. The molecule has 1 fully saturated rings. The molecule has 0 radical (unpaired) electrons. The van der Waals surface area contributed by atoms with E-state index in [2.05, 4.69) is 20.2 Å². The molecule has 2 N–H and O–H groups in total. The Morgan fingerprint density at radius 3 is 2.52 bits per heavy atom. The fourth-order valence-corrected chi connectivity index (χ4v) is 3.63. The molecule has 1 aliphatic rings. The third-order valence-electron chi connectivity index (χ3n) is 5.01. The summed E-state index contributed by atoms with van der Waals surface area (Å²) < 4.78 is 0. The highest BCUT2D eigenvalue weighted by atomic mass is 16.3. The molecule has 6 nitrogen and oxygen atoms in total. The smallest absolute Gasteiger partial charge is 0.230 e. The van der Waals surface area contributed by atoms with Gasteiger partial charge in [0.1, 0.15) is 5.82 Å². The molecule has 0 aliphatic carbocycles. The van der Waals surface area contributed by atoms with Gasteiger partial charge in [-0.15, -0.1) is 0 Å². The summed E-state index contributed by atoms with van der Waals surface area (Å²) in [6.07, 6.45) is 2.42. The molecule has 1 amide bonds. The quantitative estimate of drug-likeness (QED) is 0.699. The van der Waals surface area contributed by atoms with E-state index in [4.69, 9.17) is 5.11 Å². The fourth-order valence-electron chi connectivity index (χ4n) is 3.63. The lowest BCUT2D eigenvalue weighted by molar-refractivity contribution is -0.132. The van der Waals surface area contributed by atoms with Crippen LogP contribution >= 0.6 is 0 Å². The zero-order chi connectivity index (χ0) is 18.7. The minimum absolute atomic E-state index is 0.0228. The summed E-state index contributed by atoms with van der Waals surface area (Å²) in [5, 5.41) is 11.9. The van der Waals surface area contributed by atoms with Crippen LogP contribution in [-0.2, 0) is 11.2 Å². The lowest BCUT2D eigenvalue weighted by Gasteiger charge is -2.49. The number of fused-ring (bicyclic) bond motifs is 1. The summed E-state index contributed by atoms with van der Waals surface area (Å²) in [5.41, 5.74) is 2.31. The Labute approximate surface area is 157 Å². The second kappa shape index (κ2) is 7.32. The van der Waals surface area contributed by atoms with Gasteiger partial charge in [0.2, 0.25) is 5.91 Å². The number of carbonyl (C=O) groups is 1. The van der Waals surface area contributed by atoms with E-state index < -0.39 is 5.41 Å². The van der Waals surface area contributed by atoms with Gasteiger partial charge in [-0.1, -0.05) is 42.5 Å². The molecule has 6 heteroatoms. The molecule has 138 valence electrons. The van der Waals surface area contributed by atoms with E-state index in [9.17, 15) is 4.79 Å². The number of aromatic nitrogens is 2. The summed E-state index contributed by atoms with van der Waals surface area (Å²) in [5.74, 6) is 0.762. The van der Waals surface area contributed by atoms with Gasteiger partial charge in [-0.25, -0.2) is 4.98 Å². The zero-order valence-electron chi connectivity index (χ0n) is 15.0. The van der Waals surface area contributed by atoms with Crippen LogP contribution in [0.2, 0.25) is 0 Å². The molecule has 1 aliphatic heterocycles. The number of hydrogen-bond donors (Lipinski definition) is 2. The first-order valence-electron chi connectivity index (χ1n) is 9.10. The van der Waals surface area contributed by atoms with E-state index in [1.54, 1.807) is 6.20 Å². The second-order valence-corrected chi connectivity index (χ2v) is 7.00.